The third-order valence-electron chi connectivity index (χ3n) is 4.79. The van der Waals surface area contributed by atoms with E-state index in [0.717, 1.165) is 12.1 Å². The van der Waals surface area contributed by atoms with Crippen LogP contribution in [-0.2, 0) is 0 Å². The lowest BCUT2D eigenvalue weighted by atomic mass is 10.1. The summed E-state index contributed by atoms with van der Waals surface area (Å²) in [6.45, 7) is 0. The van der Waals surface area contributed by atoms with Crippen molar-refractivity contribution < 1.29 is 29.7 Å². The number of aromatic amines is 1. The minimum atomic E-state index is -1.47. The second-order valence-electron chi connectivity index (χ2n) is 6.93. The molecule has 4 aromatic rings. The lowest BCUT2D eigenvalue weighted by Gasteiger charge is -2.11. The number of hydrogen-bond donors (Lipinski definition) is 5. The third kappa shape index (κ3) is 4.32. The molecule has 0 unspecified atom stereocenters. The smallest absolute Gasteiger partial charge is 0.339 e. The molecular weight excluding hydrogens is 473 g/mol. The van der Waals surface area contributed by atoms with E-state index in [1.165, 1.54) is 12.1 Å². The number of aromatic nitrogens is 2. The summed E-state index contributed by atoms with van der Waals surface area (Å²) in [5, 5.41) is 31.3. The molecule has 11 heteroatoms. The zero-order valence-corrected chi connectivity index (χ0v) is 17.9. The fraction of sp³-hybridized carbons (Fsp3) is 0. The van der Waals surface area contributed by atoms with Crippen molar-refractivity contribution in [2.45, 2.75) is 0 Å². The standard InChI is InChI=1S/C22H13Cl2N3O6/c23-13-7-16-17(8-14(13)24)26-19(25-16)9-1-3-10(4-2-9)20(29)27-15-5-12(22(32)33)18(28)6-11(15)21(30)31/h1-8,28H,(H,25,26)(H,27,29)(H,30,31)(H,32,33). The summed E-state index contributed by atoms with van der Waals surface area (Å²) in [6.07, 6.45) is 0. The van der Waals surface area contributed by atoms with Crippen LogP contribution in [0.25, 0.3) is 22.4 Å². The molecule has 1 heterocycles. The number of imidazole rings is 1. The fourth-order valence-electron chi connectivity index (χ4n) is 3.16. The summed E-state index contributed by atoms with van der Waals surface area (Å²) < 4.78 is 0. The van der Waals surface area contributed by atoms with Crippen molar-refractivity contribution in [1.82, 2.24) is 9.97 Å². The summed E-state index contributed by atoms with van der Waals surface area (Å²) in [6, 6.07) is 11.2. The maximum atomic E-state index is 12.7. The summed E-state index contributed by atoms with van der Waals surface area (Å²) >= 11 is 12.0. The molecule has 0 saturated heterocycles. The SMILES string of the molecule is O=C(Nc1cc(C(=O)O)c(O)cc1C(=O)O)c1ccc(-c2nc3cc(Cl)c(Cl)cc3[nH]2)cc1. The summed E-state index contributed by atoms with van der Waals surface area (Å²) in [5.41, 5.74) is 0.879. The summed E-state index contributed by atoms with van der Waals surface area (Å²) in [7, 11) is 0. The minimum Gasteiger partial charge on any atom is -0.507 e. The van der Waals surface area contributed by atoms with Gasteiger partial charge in [0.25, 0.3) is 5.91 Å². The van der Waals surface area contributed by atoms with Crippen LogP contribution in [0.3, 0.4) is 0 Å². The maximum absolute atomic E-state index is 12.7. The van der Waals surface area contributed by atoms with E-state index in [4.69, 9.17) is 28.3 Å². The first-order valence-corrected chi connectivity index (χ1v) is 10.00. The van der Waals surface area contributed by atoms with Gasteiger partial charge >= 0.3 is 11.9 Å². The van der Waals surface area contributed by atoms with Crippen LogP contribution in [0.4, 0.5) is 5.69 Å². The summed E-state index contributed by atoms with van der Waals surface area (Å²) in [5.74, 6) is -3.80. The number of phenols is 1. The highest BCUT2D eigenvalue weighted by Gasteiger charge is 2.20. The van der Waals surface area contributed by atoms with E-state index in [9.17, 15) is 24.6 Å². The van der Waals surface area contributed by atoms with Gasteiger partial charge < -0.3 is 25.6 Å². The predicted octanol–water partition coefficient (Wildman–Crippen LogP) is 4.89. The van der Waals surface area contributed by atoms with Crippen molar-refractivity contribution in [2.24, 2.45) is 0 Å². The summed E-state index contributed by atoms with van der Waals surface area (Å²) in [4.78, 5) is 42.9. The predicted molar refractivity (Wildman–Crippen MR) is 122 cm³/mol. The fourth-order valence-corrected chi connectivity index (χ4v) is 3.48. The number of halogens is 2. The van der Waals surface area contributed by atoms with Crippen molar-refractivity contribution in [1.29, 1.82) is 0 Å². The number of nitrogens with one attached hydrogen (secondary N) is 2. The van der Waals surface area contributed by atoms with E-state index in [1.807, 2.05) is 0 Å². The monoisotopic (exact) mass is 485 g/mol. The first-order valence-electron chi connectivity index (χ1n) is 9.24. The van der Waals surface area contributed by atoms with Gasteiger partial charge in [-0.25, -0.2) is 14.6 Å². The number of amides is 1. The highest BCUT2D eigenvalue weighted by molar-refractivity contribution is 6.42. The molecule has 33 heavy (non-hydrogen) atoms. The Balaban J connectivity index is 1.61. The van der Waals surface area contributed by atoms with E-state index in [1.54, 1.807) is 24.3 Å². The zero-order chi connectivity index (χ0) is 23.9. The number of carboxylic acid groups (broad SMARTS) is 2. The van der Waals surface area contributed by atoms with E-state index in [-0.39, 0.29) is 11.3 Å². The molecule has 1 aromatic heterocycles. The largest absolute Gasteiger partial charge is 0.507 e. The number of fused-ring (bicyclic) bond motifs is 1. The van der Waals surface area contributed by atoms with Crippen molar-refractivity contribution in [3.05, 3.63) is 75.3 Å². The highest BCUT2D eigenvalue weighted by Crippen LogP contribution is 2.30. The molecule has 4 rings (SSSR count). The van der Waals surface area contributed by atoms with Crippen LogP contribution in [0.15, 0.2) is 48.5 Å². The number of nitrogens with zero attached hydrogens (tertiary/aromatic N) is 1. The highest BCUT2D eigenvalue weighted by atomic mass is 35.5. The quantitative estimate of drug-likeness (QED) is 0.252. The van der Waals surface area contributed by atoms with Crippen LogP contribution in [0.2, 0.25) is 10.0 Å². The van der Waals surface area contributed by atoms with Crippen molar-refractivity contribution in [2.75, 3.05) is 5.32 Å². The Morgan fingerprint density at radius 3 is 2.15 bits per heavy atom. The van der Waals surface area contributed by atoms with E-state index in [2.05, 4.69) is 15.3 Å². The molecule has 0 aliphatic carbocycles. The Morgan fingerprint density at radius 1 is 0.879 bits per heavy atom. The zero-order valence-electron chi connectivity index (χ0n) is 16.4. The Labute approximate surface area is 195 Å². The lowest BCUT2D eigenvalue weighted by Crippen LogP contribution is -2.15. The molecule has 9 nitrogen and oxygen atoms in total. The molecule has 3 aromatic carbocycles. The molecular formula is C22H13Cl2N3O6. The number of H-pyrrole nitrogens is 1. The van der Waals surface area contributed by atoms with E-state index < -0.39 is 34.7 Å². The number of carboxylic acids is 2. The molecule has 0 spiro atoms. The molecule has 0 radical (unpaired) electrons. The second kappa shape index (κ2) is 8.45. The van der Waals surface area contributed by atoms with Crippen LogP contribution in [0, 0.1) is 0 Å². The Bertz CT molecular complexity index is 1410. The number of aromatic carboxylic acids is 2. The number of anilines is 1. The Morgan fingerprint density at radius 2 is 1.52 bits per heavy atom. The van der Waals surface area contributed by atoms with Gasteiger partial charge in [0.05, 0.1) is 32.3 Å². The number of carbonyl (C=O) groups excluding carboxylic acids is 1. The van der Waals surface area contributed by atoms with Crippen LogP contribution >= 0.6 is 23.2 Å². The van der Waals surface area contributed by atoms with Gasteiger partial charge in [-0.1, -0.05) is 35.3 Å². The Kier molecular flexibility index (Phi) is 5.67. The van der Waals surface area contributed by atoms with Crippen LogP contribution in [0.5, 0.6) is 5.75 Å². The van der Waals surface area contributed by atoms with Crippen LogP contribution in [-0.4, -0.2) is 43.1 Å². The number of carbonyl (C=O) groups is 3. The lowest BCUT2D eigenvalue weighted by molar-refractivity contribution is 0.0678. The van der Waals surface area contributed by atoms with Gasteiger partial charge in [0, 0.05) is 11.1 Å². The molecule has 5 N–H and O–H groups in total. The number of benzene rings is 3. The van der Waals surface area contributed by atoms with Crippen molar-refractivity contribution >= 4 is 57.8 Å². The number of aromatic hydroxyl groups is 1. The molecule has 0 aliphatic heterocycles. The molecule has 166 valence electrons. The van der Waals surface area contributed by atoms with Crippen LogP contribution < -0.4 is 5.32 Å². The van der Waals surface area contributed by atoms with Crippen LogP contribution in [0.1, 0.15) is 31.1 Å². The first kappa shape index (κ1) is 22.1. The first-order chi connectivity index (χ1) is 15.6. The molecule has 0 atom stereocenters. The van der Waals surface area contributed by atoms with Gasteiger partial charge in [0.2, 0.25) is 0 Å². The average molecular weight is 486 g/mol. The van der Waals surface area contributed by atoms with Gasteiger partial charge in [-0.15, -0.1) is 0 Å². The number of hydrogen-bond acceptors (Lipinski definition) is 5. The molecule has 0 fully saturated rings. The molecule has 0 bridgehead atoms. The molecule has 0 aliphatic rings. The van der Waals surface area contributed by atoms with Gasteiger partial charge in [-0.05, 0) is 36.4 Å². The molecule has 1 amide bonds. The third-order valence-corrected chi connectivity index (χ3v) is 5.51. The van der Waals surface area contributed by atoms with Gasteiger partial charge in [0.1, 0.15) is 17.1 Å². The van der Waals surface area contributed by atoms with Gasteiger partial charge in [-0.2, -0.15) is 0 Å². The second-order valence-corrected chi connectivity index (χ2v) is 7.74. The van der Waals surface area contributed by atoms with Gasteiger partial charge in [0.15, 0.2) is 0 Å². The minimum absolute atomic E-state index is 0.183. The van der Waals surface area contributed by atoms with Crippen molar-refractivity contribution in [3.63, 3.8) is 0 Å². The topological polar surface area (TPSA) is 153 Å². The number of rotatable bonds is 5. The normalized spacial score (nSPS) is 10.8. The van der Waals surface area contributed by atoms with Gasteiger partial charge in [-0.3, -0.25) is 4.79 Å². The average Bonchev–Trinajstić information content (AvgIpc) is 3.17. The maximum Gasteiger partial charge on any atom is 0.339 e. The van der Waals surface area contributed by atoms with Crippen molar-refractivity contribution in [3.8, 4) is 17.1 Å². The van der Waals surface area contributed by atoms with E-state index in [0.29, 0.717) is 32.5 Å². The van der Waals surface area contributed by atoms with E-state index >= 15 is 0 Å². The molecule has 0 saturated carbocycles. The Hall–Kier alpha value is -4.08.